The van der Waals surface area contributed by atoms with Crippen molar-refractivity contribution in [1.29, 1.82) is 0 Å². The molecule has 0 radical (unpaired) electrons. The monoisotopic (exact) mass is 248 g/mol. The number of halogens is 2. The number of hydrogen-bond donors (Lipinski definition) is 0. The molecular formula is C14H10F2O2. The Kier molecular flexibility index (Phi) is 3.37. The molecule has 0 aliphatic heterocycles. The van der Waals surface area contributed by atoms with Crippen molar-refractivity contribution >= 4 is 6.29 Å². The van der Waals surface area contributed by atoms with Gasteiger partial charge in [0.05, 0.1) is 7.11 Å². The Morgan fingerprint density at radius 3 is 2.11 bits per heavy atom. The average Bonchev–Trinajstić information content (AvgIpc) is 2.39. The molecule has 2 aromatic rings. The first-order chi connectivity index (χ1) is 8.65. The topological polar surface area (TPSA) is 26.3 Å². The second-order valence-corrected chi connectivity index (χ2v) is 3.70. The summed E-state index contributed by atoms with van der Waals surface area (Å²) >= 11 is 0. The molecule has 0 fully saturated rings. The summed E-state index contributed by atoms with van der Waals surface area (Å²) in [6, 6.07) is 8.06. The summed E-state index contributed by atoms with van der Waals surface area (Å²) in [6.45, 7) is 0. The number of benzene rings is 2. The van der Waals surface area contributed by atoms with Crippen molar-refractivity contribution in [2.45, 2.75) is 0 Å². The first kappa shape index (κ1) is 12.2. The molecule has 2 aromatic carbocycles. The third-order valence-electron chi connectivity index (χ3n) is 2.60. The summed E-state index contributed by atoms with van der Waals surface area (Å²) in [5.41, 5.74) is 0.455. The number of methoxy groups -OCH3 is 1. The van der Waals surface area contributed by atoms with Crippen LogP contribution in [-0.4, -0.2) is 13.4 Å². The average molecular weight is 248 g/mol. The minimum atomic E-state index is -0.635. The maximum atomic E-state index is 13.8. The predicted octanol–water partition coefficient (Wildman–Crippen LogP) is 3.45. The lowest BCUT2D eigenvalue weighted by Crippen LogP contribution is -1.92. The van der Waals surface area contributed by atoms with Crippen LogP contribution in [0.4, 0.5) is 8.78 Å². The van der Waals surface area contributed by atoms with Crippen LogP contribution in [0.5, 0.6) is 5.75 Å². The van der Waals surface area contributed by atoms with Crippen molar-refractivity contribution in [3.63, 3.8) is 0 Å². The Bertz CT molecular complexity index is 594. The molecule has 0 unspecified atom stereocenters. The highest BCUT2D eigenvalue weighted by atomic mass is 19.1. The number of rotatable bonds is 3. The maximum absolute atomic E-state index is 13.8. The van der Waals surface area contributed by atoms with Crippen molar-refractivity contribution in [2.75, 3.05) is 7.11 Å². The van der Waals surface area contributed by atoms with Gasteiger partial charge in [0.1, 0.15) is 23.7 Å². The normalized spacial score (nSPS) is 10.2. The third kappa shape index (κ3) is 2.22. The molecule has 0 N–H and O–H groups in total. The van der Waals surface area contributed by atoms with E-state index >= 15 is 0 Å². The van der Waals surface area contributed by atoms with Crippen LogP contribution in [0.25, 0.3) is 11.1 Å². The molecule has 0 bridgehead atoms. The van der Waals surface area contributed by atoms with E-state index in [-0.39, 0.29) is 16.7 Å². The van der Waals surface area contributed by atoms with Gasteiger partial charge in [-0.1, -0.05) is 12.1 Å². The van der Waals surface area contributed by atoms with Gasteiger partial charge in [0.25, 0.3) is 0 Å². The highest BCUT2D eigenvalue weighted by molar-refractivity contribution is 5.77. The molecule has 2 rings (SSSR count). The quantitative estimate of drug-likeness (QED) is 0.777. The first-order valence-corrected chi connectivity index (χ1v) is 5.24. The predicted molar refractivity (Wildman–Crippen MR) is 63.7 cm³/mol. The van der Waals surface area contributed by atoms with E-state index in [9.17, 15) is 13.6 Å². The second kappa shape index (κ2) is 4.96. The number of aldehydes is 1. The summed E-state index contributed by atoms with van der Waals surface area (Å²) in [6.07, 6.45) is 0.539. The lowest BCUT2D eigenvalue weighted by atomic mass is 10.0. The molecule has 2 nitrogen and oxygen atoms in total. The van der Waals surface area contributed by atoms with Gasteiger partial charge in [-0.15, -0.1) is 0 Å². The smallest absolute Gasteiger partial charge is 0.150 e. The van der Waals surface area contributed by atoms with Crippen LogP contribution in [0.15, 0.2) is 36.4 Å². The van der Waals surface area contributed by atoms with Crippen LogP contribution in [0.3, 0.4) is 0 Å². The lowest BCUT2D eigenvalue weighted by Gasteiger charge is -2.07. The summed E-state index contributed by atoms with van der Waals surface area (Å²) in [5, 5.41) is 0. The van der Waals surface area contributed by atoms with Gasteiger partial charge < -0.3 is 4.74 Å². The van der Waals surface area contributed by atoms with Gasteiger partial charge in [-0.3, -0.25) is 4.79 Å². The lowest BCUT2D eigenvalue weighted by molar-refractivity contribution is 0.112. The minimum absolute atomic E-state index is 0.112. The standard InChI is InChI=1S/C14H10F2O2/c1-18-10-3-5-12(14(16)7-10)11-4-2-9(8-17)6-13(11)15/h2-8H,1H3. The highest BCUT2D eigenvalue weighted by Crippen LogP contribution is 2.28. The Hall–Kier alpha value is -2.23. The first-order valence-electron chi connectivity index (χ1n) is 5.24. The number of ether oxygens (including phenoxy) is 1. The molecule has 0 amide bonds. The zero-order valence-electron chi connectivity index (χ0n) is 9.61. The van der Waals surface area contributed by atoms with Crippen LogP contribution < -0.4 is 4.74 Å². The molecule has 0 heterocycles. The van der Waals surface area contributed by atoms with Gasteiger partial charge >= 0.3 is 0 Å². The molecule has 0 spiro atoms. The van der Waals surface area contributed by atoms with Crippen molar-refractivity contribution in [3.8, 4) is 16.9 Å². The SMILES string of the molecule is COc1ccc(-c2ccc(C=O)cc2F)c(F)c1. The third-order valence-corrected chi connectivity index (χ3v) is 2.60. The van der Waals surface area contributed by atoms with E-state index in [4.69, 9.17) is 4.74 Å². The molecule has 92 valence electrons. The van der Waals surface area contributed by atoms with Gasteiger partial charge in [-0.2, -0.15) is 0 Å². The van der Waals surface area contributed by atoms with Crippen LogP contribution >= 0.6 is 0 Å². The molecule has 4 heteroatoms. The van der Waals surface area contributed by atoms with Crippen molar-refractivity contribution in [2.24, 2.45) is 0 Å². The van der Waals surface area contributed by atoms with Crippen molar-refractivity contribution in [1.82, 2.24) is 0 Å². The molecule has 0 aliphatic rings. The molecule has 0 aliphatic carbocycles. The van der Waals surface area contributed by atoms with E-state index in [0.29, 0.717) is 12.0 Å². The van der Waals surface area contributed by atoms with Crippen LogP contribution in [0.1, 0.15) is 10.4 Å². The van der Waals surface area contributed by atoms with Gasteiger partial charge in [0.2, 0.25) is 0 Å². The van der Waals surface area contributed by atoms with E-state index in [1.807, 2.05) is 0 Å². The highest BCUT2D eigenvalue weighted by Gasteiger charge is 2.11. The fourth-order valence-corrected chi connectivity index (χ4v) is 1.66. The maximum Gasteiger partial charge on any atom is 0.150 e. The van der Waals surface area contributed by atoms with Gasteiger partial charge in [-0.05, 0) is 18.2 Å². The van der Waals surface area contributed by atoms with Gasteiger partial charge in [-0.25, -0.2) is 8.78 Å². The Labute approximate surface area is 103 Å². The summed E-state index contributed by atoms with van der Waals surface area (Å²) in [4.78, 5) is 10.5. The fraction of sp³-hybridized carbons (Fsp3) is 0.0714. The molecule has 0 atom stereocenters. The molecule has 0 saturated carbocycles. The summed E-state index contributed by atoms with van der Waals surface area (Å²) in [7, 11) is 1.42. The van der Waals surface area contributed by atoms with E-state index in [1.54, 1.807) is 6.07 Å². The van der Waals surface area contributed by atoms with Crippen LogP contribution in [-0.2, 0) is 0 Å². The summed E-state index contributed by atoms with van der Waals surface area (Å²) in [5.74, 6) is -0.850. The fourth-order valence-electron chi connectivity index (χ4n) is 1.66. The molecular weight excluding hydrogens is 238 g/mol. The molecule has 0 saturated heterocycles. The number of carbonyl (C=O) groups excluding carboxylic acids is 1. The summed E-state index contributed by atoms with van der Waals surface area (Å²) < 4.78 is 32.4. The van der Waals surface area contributed by atoms with E-state index < -0.39 is 11.6 Å². The molecule has 0 aromatic heterocycles. The van der Waals surface area contributed by atoms with Gasteiger partial charge in [0.15, 0.2) is 0 Å². The Balaban J connectivity index is 2.51. The van der Waals surface area contributed by atoms with E-state index in [2.05, 4.69) is 0 Å². The largest absolute Gasteiger partial charge is 0.497 e. The van der Waals surface area contributed by atoms with E-state index in [0.717, 1.165) is 6.07 Å². The van der Waals surface area contributed by atoms with Crippen LogP contribution in [0.2, 0.25) is 0 Å². The molecule has 18 heavy (non-hydrogen) atoms. The Morgan fingerprint density at radius 1 is 1.00 bits per heavy atom. The van der Waals surface area contributed by atoms with Crippen molar-refractivity contribution < 1.29 is 18.3 Å². The van der Waals surface area contributed by atoms with Crippen LogP contribution in [0, 0.1) is 11.6 Å². The second-order valence-electron chi connectivity index (χ2n) is 3.70. The Morgan fingerprint density at radius 2 is 1.61 bits per heavy atom. The number of carbonyl (C=O) groups is 1. The van der Waals surface area contributed by atoms with E-state index in [1.165, 1.54) is 31.4 Å². The zero-order valence-corrected chi connectivity index (χ0v) is 9.61. The minimum Gasteiger partial charge on any atom is -0.497 e. The zero-order chi connectivity index (χ0) is 13.1. The van der Waals surface area contributed by atoms with Crippen molar-refractivity contribution in [3.05, 3.63) is 53.6 Å². The van der Waals surface area contributed by atoms with Gasteiger partial charge in [0, 0.05) is 22.8 Å². The number of hydrogen-bond acceptors (Lipinski definition) is 2.